The van der Waals surface area contributed by atoms with E-state index in [0.717, 1.165) is 17.0 Å². The minimum atomic E-state index is -0.221. The van der Waals surface area contributed by atoms with E-state index in [4.69, 9.17) is 5.84 Å². The van der Waals surface area contributed by atoms with Crippen molar-refractivity contribution in [2.45, 2.75) is 19.4 Å². The summed E-state index contributed by atoms with van der Waals surface area (Å²) in [5, 5.41) is 0. The summed E-state index contributed by atoms with van der Waals surface area (Å²) in [4.78, 5) is 7.17. The van der Waals surface area contributed by atoms with Gasteiger partial charge in [-0.1, -0.05) is 6.07 Å². The van der Waals surface area contributed by atoms with Crippen molar-refractivity contribution in [1.29, 1.82) is 0 Å². The Bertz CT molecular complexity index is 481. The molecule has 1 aromatic carbocycles. The van der Waals surface area contributed by atoms with Crippen molar-refractivity contribution in [3.05, 3.63) is 53.4 Å². The zero-order valence-corrected chi connectivity index (χ0v) is 9.57. The number of hydrogen-bond donors (Lipinski definition) is 3. The number of aryl methyl sites for hydroxylation is 1. The van der Waals surface area contributed by atoms with E-state index < -0.39 is 0 Å². The first-order valence-electron chi connectivity index (χ1n) is 5.41. The second-order valence-corrected chi connectivity index (χ2v) is 3.97. The average molecular weight is 234 g/mol. The molecule has 0 saturated carbocycles. The highest BCUT2D eigenvalue weighted by Crippen LogP contribution is 2.18. The number of halogens is 1. The molecule has 4 N–H and O–H groups in total. The second-order valence-electron chi connectivity index (χ2n) is 3.97. The average Bonchev–Trinajstić information content (AvgIpc) is 2.81. The number of benzene rings is 1. The first-order chi connectivity index (χ1) is 8.20. The molecule has 5 heteroatoms. The van der Waals surface area contributed by atoms with E-state index in [9.17, 15) is 4.39 Å². The molecular formula is C12H15FN4. The summed E-state index contributed by atoms with van der Waals surface area (Å²) in [6, 6.07) is 4.65. The van der Waals surface area contributed by atoms with E-state index in [1.807, 2.05) is 6.92 Å². The van der Waals surface area contributed by atoms with Crippen LogP contribution in [0.15, 0.2) is 30.6 Å². The van der Waals surface area contributed by atoms with Crippen LogP contribution in [0.25, 0.3) is 0 Å². The van der Waals surface area contributed by atoms with Crippen LogP contribution in [0.2, 0.25) is 0 Å². The van der Waals surface area contributed by atoms with Crippen molar-refractivity contribution in [2.24, 2.45) is 5.84 Å². The molecule has 0 aliphatic carbocycles. The highest BCUT2D eigenvalue weighted by Gasteiger charge is 2.14. The monoisotopic (exact) mass is 234 g/mol. The van der Waals surface area contributed by atoms with Gasteiger partial charge < -0.3 is 4.98 Å². The number of nitrogens with zero attached hydrogens (tertiary/aromatic N) is 1. The van der Waals surface area contributed by atoms with Gasteiger partial charge in [-0.05, 0) is 36.6 Å². The molecule has 2 aromatic rings. The van der Waals surface area contributed by atoms with Crippen LogP contribution in [0.1, 0.15) is 23.0 Å². The summed E-state index contributed by atoms with van der Waals surface area (Å²) < 4.78 is 13.0. The Balaban J connectivity index is 2.19. The highest BCUT2D eigenvalue weighted by atomic mass is 19.1. The maximum Gasteiger partial charge on any atom is 0.124 e. The molecule has 17 heavy (non-hydrogen) atoms. The summed E-state index contributed by atoms with van der Waals surface area (Å²) in [6.07, 6.45) is 4.09. The van der Waals surface area contributed by atoms with Gasteiger partial charge in [0.2, 0.25) is 0 Å². The Kier molecular flexibility index (Phi) is 3.51. The van der Waals surface area contributed by atoms with Crippen LogP contribution in [0.4, 0.5) is 4.39 Å². The standard InChI is InChI=1S/C12H15FN4/c1-8-6-10(13)3-2-9(8)7-11(17-14)12-15-4-5-16-12/h2-6,11,17H,7,14H2,1H3,(H,15,16). The molecule has 4 nitrogen and oxygen atoms in total. The molecule has 0 aliphatic heterocycles. The molecule has 1 atom stereocenters. The van der Waals surface area contributed by atoms with Crippen LogP contribution in [0, 0.1) is 12.7 Å². The quantitative estimate of drug-likeness (QED) is 0.556. The highest BCUT2D eigenvalue weighted by molar-refractivity contribution is 5.27. The Morgan fingerprint density at radius 2 is 2.35 bits per heavy atom. The van der Waals surface area contributed by atoms with Gasteiger partial charge in [-0.25, -0.2) is 14.8 Å². The predicted molar refractivity (Wildman–Crippen MR) is 63.5 cm³/mol. The zero-order valence-electron chi connectivity index (χ0n) is 9.57. The second kappa shape index (κ2) is 5.07. The molecular weight excluding hydrogens is 219 g/mol. The lowest BCUT2D eigenvalue weighted by molar-refractivity contribution is 0.525. The molecule has 0 radical (unpaired) electrons. The maximum atomic E-state index is 13.0. The Labute approximate surface area is 99.0 Å². The van der Waals surface area contributed by atoms with Crippen LogP contribution in [-0.4, -0.2) is 9.97 Å². The summed E-state index contributed by atoms with van der Waals surface area (Å²) >= 11 is 0. The van der Waals surface area contributed by atoms with Gasteiger partial charge in [-0.15, -0.1) is 0 Å². The number of aromatic amines is 1. The van der Waals surface area contributed by atoms with Crippen molar-refractivity contribution >= 4 is 0 Å². The molecule has 1 aromatic heterocycles. The van der Waals surface area contributed by atoms with Gasteiger partial charge in [0.05, 0.1) is 6.04 Å². The van der Waals surface area contributed by atoms with Gasteiger partial charge in [0.15, 0.2) is 0 Å². The number of nitrogens with one attached hydrogen (secondary N) is 2. The van der Waals surface area contributed by atoms with Crippen LogP contribution in [0.5, 0.6) is 0 Å². The van der Waals surface area contributed by atoms with E-state index in [1.165, 1.54) is 12.1 Å². The van der Waals surface area contributed by atoms with Crippen LogP contribution >= 0.6 is 0 Å². The number of nitrogens with two attached hydrogens (primary N) is 1. The van der Waals surface area contributed by atoms with E-state index in [0.29, 0.717) is 6.42 Å². The third-order valence-corrected chi connectivity index (χ3v) is 2.78. The van der Waals surface area contributed by atoms with Crippen LogP contribution in [-0.2, 0) is 6.42 Å². The number of imidazole rings is 1. The fourth-order valence-electron chi connectivity index (χ4n) is 1.81. The third-order valence-electron chi connectivity index (χ3n) is 2.78. The Morgan fingerprint density at radius 1 is 1.53 bits per heavy atom. The maximum absolute atomic E-state index is 13.0. The number of hydrazine groups is 1. The number of H-pyrrole nitrogens is 1. The summed E-state index contributed by atoms with van der Waals surface area (Å²) in [5.74, 6) is 6.06. The molecule has 1 unspecified atom stereocenters. The smallest absolute Gasteiger partial charge is 0.124 e. The van der Waals surface area contributed by atoms with Crippen molar-refractivity contribution < 1.29 is 4.39 Å². The fraction of sp³-hybridized carbons (Fsp3) is 0.250. The van der Waals surface area contributed by atoms with Gasteiger partial charge in [0.25, 0.3) is 0 Å². The van der Waals surface area contributed by atoms with Gasteiger partial charge in [0.1, 0.15) is 11.6 Å². The first-order valence-corrected chi connectivity index (χ1v) is 5.41. The Hall–Kier alpha value is -1.72. The molecule has 0 saturated heterocycles. The number of rotatable bonds is 4. The fourth-order valence-corrected chi connectivity index (χ4v) is 1.81. The van der Waals surface area contributed by atoms with Crippen molar-refractivity contribution in [1.82, 2.24) is 15.4 Å². The van der Waals surface area contributed by atoms with Crippen molar-refractivity contribution in [3.63, 3.8) is 0 Å². The molecule has 0 bridgehead atoms. The molecule has 0 amide bonds. The zero-order chi connectivity index (χ0) is 12.3. The molecule has 1 heterocycles. The lowest BCUT2D eigenvalue weighted by Gasteiger charge is -2.15. The normalized spacial score (nSPS) is 12.6. The predicted octanol–water partition coefficient (Wildman–Crippen LogP) is 1.60. The van der Waals surface area contributed by atoms with Gasteiger partial charge in [0, 0.05) is 12.4 Å². The molecule has 0 spiro atoms. The van der Waals surface area contributed by atoms with Crippen molar-refractivity contribution in [2.75, 3.05) is 0 Å². The van der Waals surface area contributed by atoms with E-state index in [-0.39, 0.29) is 11.9 Å². The largest absolute Gasteiger partial charge is 0.347 e. The molecule has 0 fully saturated rings. The van der Waals surface area contributed by atoms with E-state index in [2.05, 4.69) is 15.4 Å². The van der Waals surface area contributed by atoms with Crippen molar-refractivity contribution in [3.8, 4) is 0 Å². The Morgan fingerprint density at radius 3 is 2.94 bits per heavy atom. The SMILES string of the molecule is Cc1cc(F)ccc1CC(NN)c1ncc[nH]1. The lowest BCUT2D eigenvalue weighted by atomic mass is 10.0. The van der Waals surface area contributed by atoms with Gasteiger partial charge >= 0.3 is 0 Å². The van der Waals surface area contributed by atoms with Crippen LogP contribution < -0.4 is 11.3 Å². The number of aromatic nitrogens is 2. The minimum Gasteiger partial charge on any atom is -0.347 e. The molecule has 90 valence electrons. The third kappa shape index (κ3) is 2.69. The first kappa shape index (κ1) is 11.8. The molecule has 2 rings (SSSR count). The lowest BCUT2D eigenvalue weighted by Crippen LogP contribution is -2.30. The van der Waals surface area contributed by atoms with E-state index in [1.54, 1.807) is 18.5 Å². The van der Waals surface area contributed by atoms with E-state index >= 15 is 0 Å². The van der Waals surface area contributed by atoms with Gasteiger partial charge in [-0.3, -0.25) is 5.84 Å². The summed E-state index contributed by atoms with van der Waals surface area (Å²) in [6.45, 7) is 1.88. The summed E-state index contributed by atoms with van der Waals surface area (Å²) in [7, 11) is 0. The van der Waals surface area contributed by atoms with Crippen LogP contribution in [0.3, 0.4) is 0 Å². The topological polar surface area (TPSA) is 66.7 Å². The summed E-state index contributed by atoms with van der Waals surface area (Å²) in [5.41, 5.74) is 4.67. The van der Waals surface area contributed by atoms with Gasteiger partial charge in [-0.2, -0.15) is 0 Å². The number of hydrogen-bond acceptors (Lipinski definition) is 3. The minimum absolute atomic E-state index is 0.103. The molecule has 0 aliphatic rings.